The van der Waals surface area contributed by atoms with Gasteiger partial charge in [-0.05, 0) is 13.8 Å². The van der Waals surface area contributed by atoms with Gasteiger partial charge in [-0.1, -0.05) is 0 Å². The second kappa shape index (κ2) is 3.47. The topological polar surface area (TPSA) is 57.5 Å². The van der Waals surface area contributed by atoms with Gasteiger partial charge in [0.15, 0.2) is 0 Å². The summed E-state index contributed by atoms with van der Waals surface area (Å²) in [5.41, 5.74) is 0. The predicted octanol–water partition coefficient (Wildman–Crippen LogP) is 1.02. The van der Waals surface area contributed by atoms with Gasteiger partial charge in [-0.3, -0.25) is 4.79 Å². The first-order valence-corrected chi connectivity index (χ1v) is 5.41. The molecule has 2 unspecified atom stereocenters. The van der Waals surface area contributed by atoms with Crippen molar-refractivity contribution in [2.24, 2.45) is 0 Å². The van der Waals surface area contributed by atoms with E-state index in [1.807, 2.05) is 13.8 Å². The van der Waals surface area contributed by atoms with Crippen molar-refractivity contribution in [2.45, 2.75) is 28.4 Å². The Morgan fingerprint density at radius 3 is 2.42 bits per heavy atom. The Kier molecular flexibility index (Phi) is 2.96. The molecular formula is C7H12O3S2. The van der Waals surface area contributed by atoms with Crippen LogP contribution in [0.3, 0.4) is 0 Å². The fourth-order valence-corrected chi connectivity index (χ4v) is 4.41. The van der Waals surface area contributed by atoms with Crippen LogP contribution in [0.5, 0.6) is 0 Å². The van der Waals surface area contributed by atoms with E-state index >= 15 is 0 Å². The zero-order chi connectivity index (χ0) is 9.35. The first-order chi connectivity index (χ1) is 5.46. The molecule has 1 fully saturated rings. The number of hydrogen-bond acceptors (Lipinski definition) is 4. The van der Waals surface area contributed by atoms with E-state index in [-0.39, 0.29) is 15.9 Å². The number of hydrogen-bond donors (Lipinski definition) is 2. The van der Waals surface area contributed by atoms with Gasteiger partial charge < -0.3 is 10.2 Å². The molecule has 1 aliphatic heterocycles. The molecule has 3 nitrogen and oxygen atoms in total. The molecule has 12 heavy (non-hydrogen) atoms. The lowest BCUT2D eigenvalue weighted by Crippen LogP contribution is -2.27. The summed E-state index contributed by atoms with van der Waals surface area (Å²) in [6, 6.07) is 0. The minimum atomic E-state index is -0.822. The number of carboxylic acids is 1. The van der Waals surface area contributed by atoms with E-state index in [2.05, 4.69) is 0 Å². The van der Waals surface area contributed by atoms with Crippen LogP contribution in [0.1, 0.15) is 13.8 Å². The maximum atomic E-state index is 10.7. The Labute approximate surface area is 79.9 Å². The van der Waals surface area contributed by atoms with Crippen molar-refractivity contribution in [3.8, 4) is 0 Å². The number of thioether (sulfide) groups is 2. The van der Waals surface area contributed by atoms with Crippen LogP contribution in [-0.2, 0) is 4.79 Å². The van der Waals surface area contributed by atoms with E-state index in [1.165, 1.54) is 23.5 Å². The third-order valence-electron chi connectivity index (χ3n) is 1.61. The summed E-state index contributed by atoms with van der Waals surface area (Å²) in [5, 5.41) is 17.1. The monoisotopic (exact) mass is 208 g/mol. The van der Waals surface area contributed by atoms with Gasteiger partial charge in [0, 0.05) is 0 Å². The van der Waals surface area contributed by atoms with Crippen LogP contribution in [-0.4, -0.2) is 37.4 Å². The van der Waals surface area contributed by atoms with Gasteiger partial charge >= 0.3 is 5.97 Å². The molecule has 0 aromatic rings. The highest BCUT2D eigenvalue weighted by molar-refractivity contribution is 8.22. The van der Waals surface area contributed by atoms with Gasteiger partial charge in [0.1, 0.15) is 5.25 Å². The van der Waals surface area contributed by atoms with Crippen molar-refractivity contribution in [1.82, 2.24) is 0 Å². The quantitative estimate of drug-likeness (QED) is 0.709. The molecule has 0 aliphatic carbocycles. The molecule has 0 radical (unpaired) electrons. The second-order valence-electron chi connectivity index (χ2n) is 3.12. The van der Waals surface area contributed by atoms with Crippen LogP contribution < -0.4 is 0 Å². The molecule has 2 atom stereocenters. The lowest BCUT2D eigenvalue weighted by atomic mass is 10.3. The van der Waals surface area contributed by atoms with E-state index in [4.69, 9.17) is 10.2 Å². The van der Waals surface area contributed by atoms with Crippen molar-refractivity contribution in [3.63, 3.8) is 0 Å². The molecule has 1 aliphatic rings. The van der Waals surface area contributed by atoms with Crippen LogP contribution in [0.4, 0.5) is 0 Å². The third-order valence-corrected chi connectivity index (χ3v) is 5.00. The Hall–Kier alpha value is 0.130. The summed E-state index contributed by atoms with van der Waals surface area (Å²) in [7, 11) is 0. The van der Waals surface area contributed by atoms with Crippen LogP contribution in [0.25, 0.3) is 0 Å². The Balaban J connectivity index is 2.69. The number of aliphatic hydroxyl groups excluding tert-OH is 1. The first kappa shape index (κ1) is 10.2. The summed E-state index contributed by atoms with van der Waals surface area (Å²) in [4.78, 5) is 10.7. The summed E-state index contributed by atoms with van der Waals surface area (Å²) in [5.74, 6) is -0.822. The van der Waals surface area contributed by atoms with Gasteiger partial charge in [-0.25, -0.2) is 0 Å². The summed E-state index contributed by atoms with van der Waals surface area (Å²) in [6.07, 6.45) is 0. The standard InChI is InChI=1S/C7H12O3S2/c1-7(2)11-4(3-8)5(12-7)6(9)10/h4-5,8H,3H2,1-2H3,(H,9,10). The average molecular weight is 208 g/mol. The van der Waals surface area contributed by atoms with Gasteiger partial charge in [-0.15, -0.1) is 23.5 Å². The van der Waals surface area contributed by atoms with Crippen molar-refractivity contribution in [2.75, 3.05) is 6.61 Å². The molecule has 1 rings (SSSR count). The van der Waals surface area contributed by atoms with Gasteiger partial charge in [0.05, 0.1) is 15.9 Å². The molecule has 70 valence electrons. The third kappa shape index (κ3) is 2.08. The zero-order valence-corrected chi connectivity index (χ0v) is 8.61. The molecule has 1 heterocycles. The molecule has 0 saturated carbocycles. The second-order valence-corrected chi connectivity index (χ2v) is 7.00. The zero-order valence-electron chi connectivity index (χ0n) is 6.98. The minimum Gasteiger partial charge on any atom is -0.480 e. The summed E-state index contributed by atoms with van der Waals surface area (Å²) >= 11 is 2.95. The smallest absolute Gasteiger partial charge is 0.317 e. The van der Waals surface area contributed by atoms with Crippen LogP contribution in [0.2, 0.25) is 0 Å². The number of carboxylic acid groups (broad SMARTS) is 1. The Morgan fingerprint density at radius 1 is 1.50 bits per heavy atom. The highest BCUT2D eigenvalue weighted by Gasteiger charge is 2.44. The predicted molar refractivity (Wildman–Crippen MR) is 51.6 cm³/mol. The normalized spacial score (nSPS) is 33.6. The van der Waals surface area contributed by atoms with E-state index in [0.717, 1.165) is 0 Å². The Morgan fingerprint density at radius 2 is 2.08 bits per heavy atom. The van der Waals surface area contributed by atoms with Crippen LogP contribution in [0.15, 0.2) is 0 Å². The number of rotatable bonds is 2. The number of aliphatic carboxylic acids is 1. The van der Waals surface area contributed by atoms with Gasteiger partial charge in [-0.2, -0.15) is 0 Å². The number of carbonyl (C=O) groups is 1. The lowest BCUT2D eigenvalue weighted by Gasteiger charge is -2.13. The highest BCUT2D eigenvalue weighted by atomic mass is 32.2. The summed E-state index contributed by atoms with van der Waals surface area (Å²) < 4.78 is -0.0869. The highest BCUT2D eigenvalue weighted by Crippen LogP contribution is 2.51. The molecule has 5 heteroatoms. The molecule has 1 saturated heterocycles. The Bertz CT molecular complexity index is 193. The molecule has 2 N–H and O–H groups in total. The van der Waals surface area contributed by atoms with Gasteiger partial charge in [0.25, 0.3) is 0 Å². The van der Waals surface area contributed by atoms with Crippen molar-refractivity contribution in [1.29, 1.82) is 0 Å². The fourth-order valence-electron chi connectivity index (χ4n) is 1.18. The average Bonchev–Trinajstić information content (AvgIpc) is 2.25. The molecule has 0 bridgehead atoms. The molecule has 0 spiro atoms. The molecule has 0 aromatic carbocycles. The van der Waals surface area contributed by atoms with E-state index in [0.29, 0.717) is 0 Å². The van der Waals surface area contributed by atoms with E-state index in [1.54, 1.807) is 0 Å². The molecular weight excluding hydrogens is 196 g/mol. The maximum absolute atomic E-state index is 10.7. The first-order valence-electron chi connectivity index (χ1n) is 3.65. The fraction of sp³-hybridized carbons (Fsp3) is 0.857. The van der Waals surface area contributed by atoms with Crippen molar-refractivity contribution < 1.29 is 15.0 Å². The molecule has 0 aromatic heterocycles. The summed E-state index contributed by atoms with van der Waals surface area (Å²) in [6.45, 7) is 3.90. The van der Waals surface area contributed by atoms with Crippen LogP contribution >= 0.6 is 23.5 Å². The van der Waals surface area contributed by atoms with Crippen molar-refractivity contribution >= 4 is 29.5 Å². The largest absolute Gasteiger partial charge is 0.480 e. The van der Waals surface area contributed by atoms with E-state index in [9.17, 15) is 4.79 Å². The minimum absolute atomic E-state index is 0.0575. The number of aliphatic hydroxyl groups is 1. The lowest BCUT2D eigenvalue weighted by molar-refractivity contribution is -0.136. The molecule has 0 amide bonds. The van der Waals surface area contributed by atoms with E-state index < -0.39 is 11.2 Å². The van der Waals surface area contributed by atoms with Crippen molar-refractivity contribution in [3.05, 3.63) is 0 Å². The maximum Gasteiger partial charge on any atom is 0.317 e. The SMILES string of the molecule is CC1(C)SC(CO)C(C(=O)O)S1. The van der Waals surface area contributed by atoms with Gasteiger partial charge in [0.2, 0.25) is 0 Å². The van der Waals surface area contributed by atoms with Crippen LogP contribution in [0, 0.1) is 0 Å².